The Kier molecular flexibility index (Phi) is 5.15. The molecule has 1 heterocycles. The summed E-state index contributed by atoms with van der Waals surface area (Å²) in [7, 11) is 0. The van der Waals surface area contributed by atoms with Crippen LogP contribution in [0.15, 0.2) is 18.2 Å². The Morgan fingerprint density at radius 2 is 2.10 bits per heavy atom. The van der Waals surface area contributed by atoms with Gasteiger partial charge in [0, 0.05) is 0 Å². The second kappa shape index (κ2) is 6.86. The number of benzene rings is 1. The number of hydrogen-bond donors (Lipinski definition) is 0. The van der Waals surface area contributed by atoms with Crippen LogP contribution in [0.5, 0.6) is 0 Å². The van der Waals surface area contributed by atoms with Crippen molar-refractivity contribution < 1.29 is 4.79 Å². The second-order valence-corrected chi connectivity index (χ2v) is 5.36. The van der Waals surface area contributed by atoms with Crippen molar-refractivity contribution in [3.05, 3.63) is 45.2 Å². The summed E-state index contributed by atoms with van der Waals surface area (Å²) in [6.45, 7) is 2.63. The van der Waals surface area contributed by atoms with Crippen LogP contribution >= 0.6 is 23.2 Å². The van der Waals surface area contributed by atoms with Crippen LogP contribution in [0.3, 0.4) is 0 Å². The van der Waals surface area contributed by atoms with Gasteiger partial charge in [-0.25, -0.2) is 4.68 Å². The largest absolute Gasteiger partial charge is 0.296 e. The predicted molar refractivity (Wildman–Crippen MR) is 79.6 cm³/mol. The zero-order chi connectivity index (χ0) is 14.5. The first kappa shape index (κ1) is 15.0. The third-order valence-corrected chi connectivity index (χ3v) is 3.80. The van der Waals surface area contributed by atoms with Crippen LogP contribution in [0, 0.1) is 0 Å². The van der Waals surface area contributed by atoms with E-state index in [2.05, 4.69) is 17.2 Å². The fourth-order valence-electron chi connectivity index (χ4n) is 1.98. The minimum atomic E-state index is 0.415. The van der Waals surface area contributed by atoms with Crippen LogP contribution in [-0.4, -0.2) is 21.3 Å². The Labute approximate surface area is 127 Å². The van der Waals surface area contributed by atoms with E-state index in [0.29, 0.717) is 22.3 Å². The van der Waals surface area contributed by atoms with Gasteiger partial charge in [0.05, 0.1) is 22.3 Å². The van der Waals surface area contributed by atoms with Gasteiger partial charge in [-0.2, -0.15) is 0 Å². The molecule has 20 heavy (non-hydrogen) atoms. The lowest BCUT2D eigenvalue weighted by atomic mass is 10.1. The highest BCUT2D eigenvalue weighted by molar-refractivity contribution is 6.42. The fourth-order valence-corrected chi connectivity index (χ4v) is 2.30. The molecule has 1 aromatic heterocycles. The average molecular weight is 312 g/mol. The number of hydrogen-bond acceptors (Lipinski definition) is 3. The molecule has 0 aliphatic rings. The summed E-state index contributed by atoms with van der Waals surface area (Å²) in [6, 6.07) is 5.44. The molecule has 0 saturated carbocycles. The third-order valence-electron chi connectivity index (χ3n) is 3.06. The summed E-state index contributed by atoms with van der Waals surface area (Å²) >= 11 is 11.9. The van der Waals surface area contributed by atoms with Gasteiger partial charge in [0.1, 0.15) is 5.69 Å². The number of rotatable bonds is 6. The molecule has 0 bridgehead atoms. The van der Waals surface area contributed by atoms with Crippen molar-refractivity contribution in [3.63, 3.8) is 0 Å². The number of aldehydes is 1. The van der Waals surface area contributed by atoms with Crippen molar-refractivity contribution in [1.82, 2.24) is 15.0 Å². The molecule has 0 aliphatic heterocycles. The van der Waals surface area contributed by atoms with E-state index < -0.39 is 0 Å². The normalized spacial score (nSPS) is 10.8. The first-order chi connectivity index (χ1) is 9.65. The van der Waals surface area contributed by atoms with Gasteiger partial charge in [0.15, 0.2) is 6.29 Å². The number of unbranched alkanes of at least 4 members (excludes halogenated alkanes) is 1. The maximum atomic E-state index is 11.0. The van der Waals surface area contributed by atoms with Gasteiger partial charge in [-0.1, -0.05) is 47.8 Å². The smallest absolute Gasteiger partial charge is 0.172 e. The highest BCUT2D eigenvalue weighted by Gasteiger charge is 2.12. The summed E-state index contributed by atoms with van der Waals surface area (Å²) in [5, 5.41) is 8.99. The van der Waals surface area contributed by atoms with E-state index in [-0.39, 0.29) is 0 Å². The Balaban J connectivity index is 2.25. The van der Waals surface area contributed by atoms with Gasteiger partial charge in [-0.15, -0.1) is 5.10 Å². The van der Waals surface area contributed by atoms with Crippen molar-refractivity contribution in [1.29, 1.82) is 0 Å². The van der Waals surface area contributed by atoms with Gasteiger partial charge in [0.2, 0.25) is 0 Å². The Morgan fingerprint density at radius 1 is 1.30 bits per heavy atom. The molecule has 106 valence electrons. The first-order valence-corrected chi connectivity index (χ1v) is 7.22. The van der Waals surface area contributed by atoms with Crippen LogP contribution in [0.4, 0.5) is 0 Å². The molecule has 0 atom stereocenters. The Bertz CT molecular complexity index is 610. The molecule has 2 aromatic rings. The van der Waals surface area contributed by atoms with Crippen molar-refractivity contribution in [2.24, 2.45) is 0 Å². The van der Waals surface area contributed by atoms with Gasteiger partial charge in [0.25, 0.3) is 0 Å². The SMILES string of the molecule is CCCCc1c(C=O)nnn1Cc1ccc(Cl)c(Cl)c1. The lowest BCUT2D eigenvalue weighted by molar-refractivity contribution is 0.111. The molecular formula is C14H15Cl2N3O. The minimum Gasteiger partial charge on any atom is -0.296 e. The van der Waals surface area contributed by atoms with Crippen LogP contribution in [0.25, 0.3) is 0 Å². The van der Waals surface area contributed by atoms with Crippen LogP contribution in [0.2, 0.25) is 10.0 Å². The van der Waals surface area contributed by atoms with Gasteiger partial charge >= 0.3 is 0 Å². The van der Waals surface area contributed by atoms with E-state index >= 15 is 0 Å². The van der Waals surface area contributed by atoms with E-state index in [0.717, 1.165) is 36.8 Å². The Hall–Kier alpha value is -1.39. The number of carbonyl (C=O) groups is 1. The van der Waals surface area contributed by atoms with Gasteiger partial charge in [-0.05, 0) is 30.5 Å². The van der Waals surface area contributed by atoms with Crippen molar-refractivity contribution in [2.75, 3.05) is 0 Å². The highest BCUT2D eigenvalue weighted by atomic mass is 35.5. The zero-order valence-electron chi connectivity index (χ0n) is 11.1. The molecule has 0 saturated heterocycles. The number of carbonyl (C=O) groups excluding carboxylic acids is 1. The highest BCUT2D eigenvalue weighted by Crippen LogP contribution is 2.23. The van der Waals surface area contributed by atoms with Crippen LogP contribution in [-0.2, 0) is 13.0 Å². The number of aromatic nitrogens is 3. The van der Waals surface area contributed by atoms with Crippen molar-refractivity contribution in [2.45, 2.75) is 32.7 Å². The van der Waals surface area contributed by atoms with Gasteiger partial charge in [-0.3, -0.25) is 4.79 Å². The summed E-state index contributed by atoms with van der Waals surface area (Å²) in [4.78, 5) is 11.0. The molecular weight excluding hydrogens is 297 g/mol. The maximum absolute atomic E-state index is 11.0. The summed E-state index contributed by atoms with van der Waals surface area (Å²) in [5.74, 6) is 0. The minimum absolute atomic E-state index is 0.415. The third kappa shape index (κ3) is 3.38. The predicted octanol–water partition coefficient (Wildman–Crippen LogP) is 3.79. The second-order valence-electron chi connectivity index (χ2n) is 4.55. The monoisotopic (exact) mass is 311 g/mol. The zero-order valence-corrected chi connectivity index (χ0v) is 12.7. The van der Waals surface area contributed by atoms with Crippen LogP contribution in [0.1, 0.15) is 41.5 Å². The standard InChI is InChI=1S/C14H15Cl2N3O/c1-2-3-4-14-13(9-20)17-18-19(14)8-10-5-6-11(15)12(16)7-10/h5-7,9H,2-4,8H2,1H3. The molecule has 0 N–H and O–H groups in total. The molecule has 0 aliphatic carbocycles. The Morgan fingerprint density at radius 3 is 2.75 bits per heavy atom. The molecule has 0 amide bonds. The van der Waals surface area contributed by atoms with Crippen molar-refractivity contribution >= 4 is 29.5 Å². The molecule has 0 spiro atoms. The van der Waals surface area contributed by atoms with E-state index in [1.807, 2.05) is 6.07 Å². The summed E-state index contributed by atoms with van der Waals surface area (Å²) in [5.41, 5.74) is 2.26. The number of halogens is 2. The average Bonchev–Trinajstić information content (AvgIpc) is 2.82. The molecule has 1 aromatic carbocycles. The molecule has 2 rings (SSSR count). The van der Waals surface area contributed by atoms with Crippen molar-refractivity contribution in [3.8, 4) is 0 Å². The summed E-state index contributed by atoms with van der Waals surface area (Å²) < 4.78 is 1.75. The lowest BCUT2D eigenvalue weighted by Crippen LogP contribution is -2.07. The van der Waals surface area contributed by atoms with Gasteiger partial charge < -0.3 is 0 Å². The molecule has 4 nitrogen and oxygen atoms in total. The molecule has 0 fully saturated rings. The van der Waals surface area contributed by atoms with E-state index in [1.165, 1.54) is 0 Å². The molecule has 6 heteroatoms. The fraction of sp³-hybridized carbons (Fsp3) is 0.357. The van der Waals surface area contributed by atoms with Crippen LogP contribution < -0.4 is 0 Å². The first-order valence-electron chi connectivity index (χ1n) is 6.47. The van der Waals surface area contributed by atoms with E-state index in [9.17, 15) is 4.79 Å². The quantitative estimate of drug-likeness (QED) is 0.763. The topological polar surface area (TPSA) is 47.8 Å². The van der Waals surface area contributed by atoms with E-state index in [4.69, 9.17) is 23.2 Å². The maximum Gasteiger partial charge on any atom is 0.172 e. The lowest BCUT2D eigenvalue weighted by Gasteiger charge is -2.07. The molecule has 0 unspecified atom stereocenters. The number of nitrogens with zero attached hydrogens (tertiary/aromatic N) is 3. The summed E-state index contributed by atoms with van der Waals surface area (Å²) in [6.07, 6.45) is 3.59. The van der Waals surface area contributed by atoms with E-state index in [1.54, 1.807) is 16.8 Å². The molecule has 0 radical (unpaired) electrons.